The average molecular weight is 311 g/mol. The zero-order chi connectivity index (χ0) is 16.2. The summed E-state index contributed by atoms with van der Waals surface area (Å²) in [4.78, 5) is 4.44. The van der Waals surface area contributed by atoms with Crippen LogP contribution in [-0.2, 0) is 12.8 Å². The molecule has 1 aromatic carbocycles. The lowest BCUT2D eigenvalue weighted by Crippen LogP contribution is -1.95. The molecule has 1 N–H and O–H groups in total. The van der Waals surface area contributed by atoms with Crippen molar-refractivity contribution in [2.75, 3.05) is 6.61 Å². The molecular formula is C19H21NO3. The highest BCUT2D eigenvalue weighted by molar-refractivity contribution is 5.77. The Bertz CT molecular complexity index is 775. The quantitative estimate of drug-likeness (QED) is 0.745. The van der Waals surface area contributed by atoms with Crippen LogP contribution in [0.4, 0.5) is 0 Å². The van der Waals surface area contributed by atoms with Crippen LogP contribution in [0.25, 0.3) is 11.0 Å². The Kier molecular flexibility index (Phi) is 4.63. The second kappa shape index (κ2) is 6.84. The summed E-state index contributed by atoms with van der Waals surface area (Å²) in [5.74, 6) is 1.48. The van der Waals surface area contributed by atoms with Crippen LogP contribution in [0.5, 0.6) is 5.75 Å². The van der Waals surface area contributed by atoms with E-state index in [1.54, 1.807) is 13.1 Å². The van der Waals surface area contributed by atoms with Gasteiger partial charge in [-0.05, 0) is 56.5 Å². The lowest BCUT2D eigenvalue weighted by Gasteiger charge is -2.05. The third-order valence-electron chi connectivity index (χ3n) is 3.80. The Balaban J connectivity index is 1.68. The fraction of sp³-hybridized carbons (Fsp3) is 0.316. The zero-order valence-corrected chi connectivity index (χ0v) is 13.5. The molecule has 2 aromatic heterocycles. The lowest BCUT2D eigenvalue weighted by molar-refractivity contribution is 0.172. The summed E-state index contributed by atoms with van der Waals surface area (Å²) < 4.78 is 11.0. The highest BCUT2D eigenvalue weighted by Gasteiger charge is 2.09. The third-order valence-corrected chi connectivity index (χ3v) is 3.80. The second-order valence-corrected chi connectivity index (χ2v) is 5.62. The molecule has 0 saturated heterocycles. The van der Waals surface area contributed by atoms with Gasteiger partial charge in [0, 0.05) is 11.1 Å². The van der Waals surface area contributed by atoms with Gasteiger partial charge >= 0.3 is 0 Å². The summed E-state index contributed by atoms with van der Waals surface area (Å²) in [5.41, 5.74) is 2.99. The topological polar surface area (TPSA) is 55.5 Å². The van der Waals surface area contributed by atoms with Crippen LogP contribution in [0, 0.1) is 0 Å². The molecular weight excluding hydrogens is 290 g/mol. The summed E-state index contributed by atoms with van der Waals surface area (Å²) in [7, 11) is 0. The Morgan fingerprint density at radius 1 is 1.17 bits per heavy atom. The molecule has 1 atom stereocenters. The number of fused-ring (bicyclic) bond motifs is 1. The van der Waals surface area contributed by atoms with Gasteiger partial charge in [0.2, 0.25) is 0 Å². The predicted molar refractivity (Wildman–Crippen MR) is 89.7 cm³/mol. The van der Waals surface area contributed by atoms with Crippen LogP contribution in [0.2, 0.25) is 0 Å². The number of rotatable bonds is 6. The van der Waals surface area contributed by atoms with Crippen molar-refractivity contribution in [1.82, 2.24) is 4.98 Å². The van der Waals surface area contributed by atoms with E-state index in [1.807, 2.05) is 31.2 Å². The van der Waals surface area contributed by atoms with E-state index in [2.05, 4.69) is 17.1 Å². The molecule has 23 heavy (non-hydrogen) atoms. The first kappa shape index (κ1) is 15.6. The van der Waals surface area contributed by atoms with Crippen LogP contribution in [-0.4, -0.2) is 16.7 Å². The largest absolute Gasteiger partial charge is 0.494 e. The van der Waals surface area contributed by atoms with Gasteiger partial charge in [0.1, 0.15) is 17.6 Å². The van der Waals surface area contributed by atoms with Gasteiger partial charge in [0.05, 0.1) is 12.8 Å². The fourth-order valence-electron chi connectivity index (χ4n) is 2.55. The highest BCUT2D eigenvalue weighted by Crippen LogP contribution is 2.24. The Morgan fingerprint density at radius 2 is 1.96 bits per heavy atom. The van der Waals surface area contributed by atoms with Crippen molar-refractivity contribution in [2.45, 2.75) is 32.8 Å². The van der Waals surface area contributed by atoms with E-state index in [9.17, 15) is 5.11 Å². The Morgan fingerprint density at radius 3 is 2.65 bits per heavy atom. The van der Waals surface area contributed by atoms with Crippen molar-refractivity contribution in [3.05, 3.63) is 59.6 Å². The molecule has 0 radical (unpaired) electrons. The van der Waals surface area contributed by atoms with E-state index in [1.165, 1.54) is 5.56 Å². The van der Waals surface area contributed by atoms with E-state index in [0.717, 1.165) is 29.7 Å². The Labute approximate surface area is 135 Å². The number of furan rings is 1. The molecule has 4 heteroatoms. The smallest absolute Gasteiger partial charge is 0.152 e. The van der Waals surface area contributed by atoms with Crippen molar-refractivity contribution < 1.29 is 14.3 Å². The van der Waals surface area contributed by atoms with Gasteiger partial charge in [-0.25, -0.2) is 0 Å². The monoisotopic (exact) mass is 311 g/mol. The molecule has 3 aromatic rings. The number of hydrogen-bond acceptors (Lipinski definition) is 4. The first-order valence-electron chi connectivity index (χ1n) is 7.94. The molecule has 4 nitrogen and oxygen atoms in total. The molecule has 0 fully saturated rings. The SMILES string of the molecule is CCOc1ccc(CCc2cc3cc(C(C)O)oc3cn2)cc1. The second-order valence-electron chi connectivity index (χ2n) is 5.62. The molecule has 0 amide bonds. The van der Waals surface area contributed by atoms with E-state index in [4.69, 9.17) is 9.15 Å². The number of hydrogen-bond donors (Lipinski definition) is 1. The number of benzene rings is 1. The predicted octanol–water partition coefficient (Wildman–Crippen LogP) is 4.07. The number of aromatic nitrogens is 1. The molecule has 0 aliphatic rings. The molecule has 0 bridgehead atoms. The number of nitrogens with zero attached hydrogens (tertiary/aromatic N) is 1. The van der Waals surface area contributed by atoms with E-state index >= 15 is 0 Å². The highest BCUT2D eigenvalue weighted by atomic mass is 16.5. The van der Waals surface area contributed by atoms with Crippen LogP contribution in [0.15, 0.2) is 47.0 Å². The first-order valence-corrected chi connectivity index (χ1v) is 7.94. The molecule has 120 valence electrons. The standard InChI is InChI=1S/C19H21NO3/c1-3-22-17-8-5-14(6-9-17)4-7-16-10-15-11-18(13(2)21)23-19(15)12-20-16/h5-6,8-13,21H,3-4,7H2,1-2H3. The summed E-state index contributed by atoms with van der Waals surface area (Å²) in [5, 5.41) is 10.6. The molecule has 3 rings (SSSR count). The fourth-order valence-corrected chi connectivity index (χ4v) is 2.55. The van der Waals surface area contributed by atoms with Gasteiger partial charge in [0.15, 0.2) is 5.58 Å². The molecule has 2 heterocycles. The number of aliphatic hydroxyl groups excluding tert-OH is 1. The van der Waals surface area contributed by atoms with E-state index < -0.39 is 6.10 Å². The molecule has 0 saturated carbocycles. The van der Waals surface area contributed by atoms with Gasteiger partial charge in [-0.1, -0.05) is 12.1 Å². The van der Waals surface area contributed by atoms with Crippen LogP contribution in [0.1, 0.15) is 37.0 Å². The minimum Gasteiger partial charge on any atom is -0.494 e. The maximum Gasteiger partial charge on any atom is 0.152 e. The maximum atomic E-state index is 9.58. The third kappa shape index (κ3) is 3.71. The number of aryl methyl sites for hydroxylation is 2. The van der Waals surface area contributed by atoms with Crippen molar-refractivity contribution >= 4 is 11.0 Å². The molecule has 0 aliphatic carbocycles. The zero-order valence-electron chi connectivity index (χ0n) is 13.5. The summed E-state index contributed by atoms with van der Waals surface area (Å²) in [6.07, 6.45) is 2.91. The van der Waals surface area contributed by atoms with Crippen LogP contribution in [0.3, 0.4) is 0 Å². The van der Waals surface area contributed by atoms with Crippen molar-refractivity contribution in [3.8, 4) is 5.75 Å². The van der Waals surface area contributed by atoms with E-state index in [0.29, 0.717) is 18.0 Å². The van der Waals surface area contributed by atoms with E-state index in [-0.39, 0.29) is 0 Å². The van der Waals surface area contributed by atoms with Crippen molar-refractivity contribution in [2.24, 2.45) is 0 Å². The van der Waals surface area contributed by atoms with Gasteiger partial charge < -0.3 is 14.3 Å². The number of aliphatic hydroxyl groups is 1. The Hall–Kier alpha value is -2.33. The van der Waals surface area contributed by atoms with Crippen molar-refractivity contribution in [3.63, 3.8) is 0 Å². The first-order chi connectivity index (χ1) is 11.2. The van der Waals surface area contributed by atoms with Crippen LogP contribution < -0.4 is 4.74 Å². The minimum absolute atomic E-state index is 0.575. The maximum absolute atomic E-state index is 9.58. The van der Waals surface area contributed by atoms with Crippen LogP contribution >= 0.6 is 0 Å². The van der Waals surface area contributed by atoms with Gasteiger partial charge in [-0.15, -0.1) is 0 Å². The van der Waals surface area contributed by atoms with Gasteiger partial charge in [-0.2, -0.15) is 0 Å². The molecule has 0 aliphatic heterocycles. The average Bonchev–Trinajstić information content (AvgIpc) is 2.98. The summed E-state index contributed by atoms with van der Waals surface area (Å²) in [6, 6.07) is 12.1. The normalized spacial score (nSPS) is 12.5. The van der Waals surface area contributed by atoms with Gasteiger partial charge in [-0.3, -0.25) is 4.98 Å². The van der Waals surface area contributed by atoms with Crippen molar-refractivity contribution in [1.29, 1.82) is 0 Å². The lowest BCUT2D eigenvalue weighted by atomic mass is 10.1. The molecule has 0 spiro atoms. The molecule has 1 unspecified atom stereocenters. The number of ether oxygens (including phenoxy) is 1. The number of pyridine rings is 1. The minimum atomic E-state index is -0.602. The summed E-state index contributed by atoms with van der Waals surface area (Å²) in [6.45, 7) is 4.36. The van der Waals surface area contributed by atoms with Gasteiger partial charge in [0.25, 0.3) is 0 Å². The summed E-state index contributed by atoms with van der Waals surface area (Å²) >= 11 is 0.